The predicted molar refractivity (Wildman–Crippen MR) is 106 cm³/mol. The van der Waals surface area contributed by atoms with Crippen molar-refractivity contribution in [2.24, 2.45) is 0 Å². The van der Waals surface area contributed by atoms with Crippen LogP contribution in [0.2, 0.25) is 10.0 Å². The number of nitro benzene ring substituents is 1. The van der Waals surface area contributed by atoms with Crippen molar-refractivity contribution >= 4 is 52.2 Å². The van der Waals surface area contributed by atoms with Gasteiger partial charge in [-0.15, -0.1) is 5.10 Å². The van der Waals surface area contributed by atoms with E-state index in [1.807, 2.05) is 0 Å². The molecule has 0 aliphatic carbocycles. The monoisotopic (exact) mass is 438 g/mol. The number of hydrogen-bond donors (Lipinski definition) is 1. The summed E-state index contributed by atoms with van der Waals surface area (Å²) in [6, 6.07) is 10.7. The summed E-state index contributed by atoms with van der Waals surface area (Å²) in [5.74, 6) is -0.355. The molecule has 0 bridgehead atoms. The molecule has 12 heteroatoms. The summed E-state index contributed by atoms with van der Waals surface area (Å²) in [4.78, 5) is 22.7. The summed E-state index contributed by atoms with van der Waals surface area (Å²) in [7, 11) is 0. The highest BCUT2D eigenvalue weighted by Crippen LogP contribution is 2.29. The molecule has 0 saturated carbocycles. The fourth-order valence-electron chi connectivity index (χ4n) is 2.16. The first-order valence-electron chi connectivity index (χ1n) is 7.81. The molecule has 1 atom stereocenters. The largest absolute Gasteiger partial charge is 0.324 e. The quantitative estimate of drug-likeness (QED) is 0.351. The van der Waals surface area contributed by atoms with Crippen LogP contribution in [-0.4, -0.2) is 36.3 Å². The van der Waals surface area contributed by atoms with Crippen LogP contribution in [0, 0.1) is 10.1 Å². The van der Waals surface area contributed by atoms with Gasteiger partial charge in [-0.05, 0) is 47.7 Å². The Morgan fingerprint density at radius 3 is 2.61 bits per heavy atom. The molecule has 1 N–H and O–H groups in total. The third kappa shape index (κ3) is 4.58. The summed E-state index contributed by atoms with van der Waals surface area (Å²) < 4.78 is 1.49. The van der Waals surface area contributed by atoms with Crippen LogP contribution < -0.4 is 5.32 Å². The number of anilines is 1. The predicted octanol–water partition coefficient (Wildman–Crippen LogP) is 4.00. The van der Waals surface area contributed by atoms with Gasteiger partial charge in [0.1, 0.15) is 0 Å². The van der Waals surface area contributed by atoms with Crippen molar-refractivity contribution in [3.8, 4) is 5.69 Å². The number of benzene rings is 2. The second-order valence-electron chi connectivity index (χ2n) is 5.52. The number of nitrogens with one attached hydrogen (secondary N) is 1. The molecule has 0 fully saturated rings. The summed E-state index contributed by atoms with van der Waals surface area (Å²) in [6.07, 6.45) is 0. The molecule has 0 aliphatic heterocycles. The van der Waals surface area contributed by atoms with Crippen molar-refractivity contribution in [1.82, 2.24) is 20.2 Å². The summed E-state index contributed by atoms with van der Waals surface area (Å²) in [6.45, 7) is 1.68. The van der Waals surface area contributed by atoms with E-state index in [1.165, 1.54) is 22.9 Å². The molecule has 3 aromatic rings. The number of carbonyl (C=O) groups excluding carboxylic acids is 1. The molecule has 0 aliphatic rings. The fourth-order valence-corrected chi connectivity index (χ4v) is 3.32. The maximum atomic E-state index is 12.5. The van der Waals surface area contributed by atoms with Crippen molar-refractivity contribution in [1.29, 1.82) is 0 Å². The Balaban J connectivity index is 1.71. The van der Waals surface area contributed by atoms with Crippen LogP contribution in [0.5, 0.6) is 0 Å². The molecule has 1 aromatic heterocycles. The SMILES string of the molecule is CC(Sc1nnnn1-c1ccc(Cl)cc1)C(=O)Nc1ccc([N+](=O)[O-])cc1Cl. The van der Waals surface area contributed by atoms with Crippen LogP contribution in [-0.2, 0) is 4.79 Å². The minimum atomic E-state index is -0.566. The second-order valence-corrected chi connectivity index (χ2v) is 7.67. The third-order valence-corrected chi connectivity index (χ3v) is 5.18. The standard InChI is InChI=1S/C16H12Cl2N6O3S/c1-9(15(25)19-14-7-6-12(24(26)27)8-13(14)18)28-16-20-21-22-23(16)11-4-2-10(17)3-5-11/h2-9H,1H3,(H,19,25). The lowest BCUT2D eigenvalue weighted by molar-refractivity contribution is -0.384. The topological polar surface area (TPSA) is 116 Å². The van der Waals surface area contributed by atoms with Crippen LogP contribution in [0.4, 0.5) is 11.4 Å². The lowest BCUT2D eigenvalue weighted by Gasteiger charge is -2.12. The summed E-state index contributed by atoms with van der Waals surface area (Å²) >= 11 is 13.0. The molecule has 1 amide bonds. The van der Waals surface area contributed by atoms with Gasteiger partial charge in [0, 0.05) is 17.2 Å². The van der Waals surface area contributed by atoms with Gasteiger partial charge in [0.2, 0.25) is 11.1 Å². The minimum absolute atomic E-state index is 0.0748. The number of amides is 1. The van der Waals surface area contributed by atoms with Gasteiger partial charge in [0.15, 0.2) is 0 Å². The molecule has 28 heavy (non-hydrogen) atoms. The van der Waals surface area contributed by atoms with E-state index >= 15 is 0 Å². The van der Waals surface area contributed by atoms with Crippen LogP contribution in [0.3, 0.4) is 0 Å². The summed E-state index contributed by atoms with van der Waals surface area (Å²) in [5.41, 5.74) is 0.817. The van der Waals surface area contributed by atoms with Gasteiger partial charge in [-0.1, -0.05) is 35.0 Å². The maximum Gasteiger partial charge on any atom is 0.271 e. The number of tetrazole rings is 1. The number of nitrogens with zero attached hydrogens (tertiary/aromatic N) is 5. The highest BCUT2D eigenvalue weighted by molar-refractivity contribution is 8.00. The second kappa shape index (κ2) is 8.55. The molecule has 144 valence electrons. The average Bonchev–Trinajstić information content (AvgIpc) is 3.11. The molecule has 2 aromatic carbocycles. The Morgan fingerprint density at radius 1 is 1.25 bits per heavy atom. The maximum absolute atomic E-state index is 12.5. The van der Waals surface area contributed by atoms with Crippen LogP contribution in [0.25, 0.3) is 5.69 Å². The number of thioether (sulfide) groups is 1. The zero-order valence-corrected chi connectivity index (χ0v) is 16.6. The van der Waals surface area contributed by atoms with Gasteiger partial charge in [-0.3, -0.25) is 14.9 Å². The van der Waals surface area contributed by atoms with Crippen molar-refractivity contribution in [2.45, 2.75) is 17.3 Å². The molecular weight excluding hydrogens is 427 g/mol. The molecule has 0 radical (unpaired) electrons. The van der Waals surface area contributed by atoms with E-state index in [0.29, 0.717) is 15.9 Å². The first-order chi connectivity index (χ1) is 13.3. The third-order valence-electron chi connectivity index (χ3n) is 3.58. The van der Waals surface area contributed by atoms with Crippen molar-refractivity contribution in [3.63, 3.8) is 0 Å². The number of hydrogen-bond acceptors (Lipinski definition) is 7. The lowest BCUT2D eigenvalue weighted by Crippen LogP contribution is -2.23. The lowest BCUT2D eigenvalue weighted by atomic mass is 10.2. The van der Waals surface area contributed by atoms with E-state index in [2.05, 4.69) is 20.8 Å². The van der Waals surface area contributed by atoms with Crippen molar-refractivity contribution in [2.75, 3.05) is 5.32 Å². The molecule has 0 saturated heterocycles. The first kappa shape index (κ1) is 20.1. The number of carbonyl (C=O) groups is 1. The smallest absolute Gasteiger partial charge is 0.271 e. The van der Waals surface area contributed by atoms with Gasteiger partial charge in [-0.25, -0.2) is 0 Å². The fraction of sp³-hybridized carbons (Fsp3) is 0.125. The molecule has 1 heterocycles. The van der Waals surface area contributed by atoms with Crippen LogP contribution >= 0.6 is 35.0 Å². The molecule has 1 unspecified atom stereocenters. The van der Waals surface area contributed by atoms with Crippen molar-refractivity contribution in [3.05, 3.63) is 62.6 Å². The number of nitro groups is 1. The van der Waals surface area contributed by atoms with Crippen molar-refractivity contribution < 1.29 is 9.72 Å². The van der Waals surface area contributed by atoms with Gasteiger partial charge in [-0.2, -0.15) is 4.68 Å². The van der Waals surface area contributed by atoms with Crippen LogP contribution in [0.15, 0.2) is 47.6 Å². The number of rotatable bonds is 6. The number of halogens is 2. The van der Waals surface area contributed by atoms with Gasteiger partial charge < -0.3 is 5.32 Å². The average molecular weight is 439 g/mol. The summed E-state index contributed by atoms with van der Waals surface area (Å²) in [5, 5.41) is 25.4. The normalized spacial score (nSPS) is 11.8. The van der Waals surface area contributed by atoms with Gasteiger partial charge in [0.25, 0.3) is 5.69 Å². The van der Waals surface area contributed by atoms with E-state index in [-0.39, 0.29) is 22.3 Å². The van der Waals surface area contributed by atoms with E-state index < -0.39 is 10.2 Å². The first-order valence-corrected chi connectivity index (χ1v) is 9.44. The highest BCUT2D eigenvalue weighted by atomic mass is 35.5. The van der Waals surface area contributed by atoms with Gasteiger partial charge in [0.05, 0.1) is 26.6 Å². The van der Waals surface area contributed by atoms with E-state index in [0.717, 1.165) is 11.8 Å². The Kier molecular flexibility index (Phi) is 6.12. The molecule has 9 nitrogen and oxygen atoms in total. The molecule has 3 rings (SSSR count). The van der Waals surface area contributed by atoms with Gasteiger partial charge >= 0.3 is 0 Å². The Bertz CT molecular complexity index is 1030. The number of non-ortho nitro benzene ring substituents is 1. The highest BCUT2D eigenvalue weighted by Gasteiger charge is 2.20. The Morgan fingerprint density at radius 2 is 1.96 bits per heavy atom. The van der Waals surface area contributed by atoms with E-state index in [1.54, 1.807) is 31.2 Å². The number of aromatic nitrogens is 4. The molecule has 0 spiro atoms. The zero-order chi connectivity index (χ0) is 20.3. The van der Waals surface area contributed by atoms with E-state index in [9.17, 15) is 14.9 Å². The minimum Gasteiger partial charge on any atom is -0.324 e. The van der Waals surface area contributed by atoms with Crippen LogP contribution in [0.1, 0.15) is 6.92 Å². The van der Waals surface area contributed by atoms with E-state index in [4.69, 9.17) is 23.2 Å². The zero-order valence-electron chi connectivity index (χ0n) is 14.2. The molecular formula is C16H12Cl2N6O3S. The Labute approximate surface area is 173 Å². The Hall–Kier alpha value is -2.69.